The third-order valence-corrected chi connectivity index (χ3v) is 3.58. The maximum atomic E-state index is 12.6. The summed E-state index contributed by atoms with van der Waals surface area (Å²) in [5, 5.41) is 0. The van der Waals surface area contributed by atoms with Crippen LogP contribution in [0, 0.1) is 0 Å². The maximum Gasteiger partial charge on any atom is 0.254 e. The van der Waals surface area contributed by atoms with E-state index in [2.05, 4.69) is 9.97 Å². The van der Waals surface area contributed by atoms with Crippen LogP contribution in [0.25, 0.3) is 0 Å². The highest BCUT2D eigenvalue weighted by Gasteiger charge is 2.27. The van der Waals surface area contributed by atoms with Crippen molar-refractivity contribution in [2.75, 3.05) is 12.5 Å². The van der Waals surface area contributed by atoms with Crippen LogP contribution in [0.1, 0.15) is 21.6 Å². The van der Waals surface area contributed by atoms with Crippen LogP contribution in [0.3, 0.4) is 0 Å². The minimum atomic E-state index is -0.0788. The number of amides is 1. The molecule has 2 N–H and O–H groups in total. The molecule has 2 aliphatic rings. The fraction of sp³-hybridized carbons (Fsp3) is 0.214. The number of nitrogen functional groups attached to an aromatic ring is 1. The van der Waals surface area contributed by atoms with Crippen LogP contribution in [0.2, 0.25) is 0 Å². The van der Waals surface area contributed by atoms with E-state index in [1.165, 1.54) is 0 Å². The number of fused-ring (bicyclic) bond motifs is 2. The smallest absolute Gasteiger partial charge is 0.254 e. The van der Waals surface area contributed by atoms with E-state index < -0.39 is 0 Å². The molecule has 0 fully saturated rings. The average Bonchev–Trinajstić information content (AvgIpc) is 3.11. The number of hydrogen-bond acceptors (Lipinski definition) is 6. The second-order valence-electron chi connectivity index (χ2n) is 4.93. The highest BCUT2D eigenvalue weighted by molar-refractivity contribution is 5.95. The van der Waals surface area contributed by atoms with Gasteiger partial charge in [0.1, 0.15) is 0 Å². The minimum absolute atomic E-state index is 0.0788. The Morgan fingerprint density at radius 2 is 2.10 bits per heavy atom. The Balaban J connectivity index is 1.59. The van der Waals surface area contributed by atoms with Gasteiger partial charge in [-0.25, -0.2) is 9.97 Å². The summed E-state index contributed by atoms with van der Waals surface area (Å²) < 4.78 is 10.5. The summed E-state index contributed by atoms with van der Waals surface area (Å²) in [6, 6.07) is 5.18. The summed E-state index contributed by atoms with van der Waals surface area (Å²) in [5.74, 6) is 1.41. The molecule has 0 radical (unpaired) electrons. The summed E-state index contributed by atoms with van der Waals surface area (Å²) in [6.07, 6.45) is 1.67. The van der Waals surface area contributed by atoms with Crippen molar-refractivity contribution in [2.45, 2.75) is 13.1 Å². The number of rotatable bonds is 1. The molecule has 0 spiro atoms. The fourth-order valence-corrected chi connectivity index (χ4v) is 2.52. The number of nitrogens with zero attached hydrogens (tertiary/aromatic N) is 3. The zero-order chi connectivity index (χ0) is 14.4. The Bertz CT molecular complexity index is 747. The molecular weight excluding hydrogens is 272 g/mol. The van der Waals surface area contributed by atoms with Crippen LogP contribution in [-0.4, -0.2) is 27.6 Å². The second-order valence-corrected chi connectivity index (χ2v) is 4.93. The molecule has 106 valence electrons. The number of carbonyl (C=O) groups is 1. The Morgan fingerprint density at radius 1 is 1.24 bits per heavy atom. The van der Waals surface area contributed by atoms with Crippen molar-refractivity contribution >= 4 is 11.9 Å². The minimum Gasteiger partial charge on any atom is -0.454 e. The molecule has 4 rings (SSSR count). The number of nitrogens with two attached hydrogens (primary N) is 1. The quantitative estimate of drug-likeness (QED) is 0.838. The third kappa shape index (κ3) is 1.94. The Labute approximate surface area is 120 Å². The topological polar surface area (TPSA) is 90.6 Å². The number of hydrogen-bond donors (Lipinski definition) is 1. The second kappa shape index (κ2) is 4.34. The molecule has 0 saturated carbocycles. The molecule has 0 atom stereocenters. The van der Waals surface area contributed by atoms with Gasteiger partial charge < -0.3 is 20.1 Å². The molecular formula is C14H12N4O3. The number of benzene rings is 1. The van der Waals surface area contributed by atoms with E-state index in [0.717, 1.165) is 11.3 Å². The van der Waals surface area contributed by atoms with Gasteiger partial charge in [-0.1, -0.05) is 0 Å². The first-order valence-electron chi connectivity index (χ1n) is 6.50. The number of aromatic nitrogens is 2. The molecule has 2 aromatic rings. The van der Waals surface area contributed by atoms with Crippen molar-refractivity contribution in [3.05, 3.63) is 41.2 Å². The molecule has 3 heterocycles. The van der Waals surface area contributed by atoms with Crippen LogP contribution in [-0.2, 0) is 13.1 Å². The van der Waals surface area contributed by atoms with Gasteiger partial charge in [0.15, 0.2) is 11.5 Å². The zero-order valence-electron chi connectivity index (χ0n) is 11.1. The summed E-state index contributed by atoms with van der Waals surface area (Å²) in [4.78, 5) is 22.4. The first-order chi connectivity index (χ1) is 10.2. The first kappa shape index (κ1) is 12.0. The fourth-order valence-electron chi connectivity index (χ4n) is 2.52. The van der Waals surface area contributed by atoms with Crippen molar-refractivity contribution < 1.29 is 14.3 Å². The van der Waals surface area contributed by atoms with Crippen LogP contribution in [0.5, 0.6) is 11.5 Å². The molecule has 21 heavy (non-hydrogen) atoms. The zero-order valence-corrected chi connectivity index (χ0v) is 11.1. The number of carbonyl (C=O) groups excluding carboxylic acids is 1. The van der Waals surface area contributed by atoms with Crippen molar-refractivity contribution in [2.24, 2.45) is 0 Å². The van der Waals surface area contributed by atoms with Crippen molar-refractivity contribution in [1.29, 1.82) is 0 Å². The number of anilines is 1. The SMILES string of the molecule is Nc1ncc2c(n1)CN(C(=O)c1ccc3c(c1)OCO3)C2. The molecule has 0 saturated heterocycles. The molecule has 7 heteroatoms. The van der Waals surface area contributed by atoms with E-state index in [4.69, 9.17) is 15.2 Å². The third-order valence-electron chi connectivity index (χ3n) is 3.58. The van der Waals surface area contributed by atoms with E-state index in [9.17, 15) is 4.79 Å². The van der Waals surface area contributed by atoms with Crippen LogP contribution >= 0.6 is 0 Å². The van der Waals surface area contributed by atoms with Gasteiger partial charge >= 0.3 is 0 Å². The molecule has 0 unspecified atom stereocenters. The van der Waals surface area contributed by atoms with Gasteiger partial charge in [0.25, 0.3) is 5.91 Å². The highest BCUT2D eigenvalue weighted by Crippen LogP contribution is 2.33. The predicted molar refractivity (Wildman–Crippen MR) is 72.6 cm³/mol. The Kier molecular flexibility index (Phi) is 2.47. The van der Waals surface area contributed by atoms with Crippen molar-refractivity contribution in [1.82, 2.24) is 14.9 Å². The molecule has 1 aromatic carbocycles. The summed E-state index contributed by atoms with van der Waals surface area (Å²) >= 11 is 0. The van der Waals surface area contributed by atoms with Gasteiger partial charge in [0, 0.05) is 23.9 Å². The molecule has 7 nitrogen and oxygen atoms in total. The van der Waals surface area contributed by atoms with Crippen molar-refractivity contribution in [3.63, 3.8) is 0 Å². The molecule has 0 aliphatic carbocycles. The van der Waals surface area contributed by atoms with Crippen LogP contribution in [0.15, 0.2) is 24.4 Å². The highest BCUT2D eigenvalue weighted by atomic mass is 16.7. The Hall–Kier alpha value is -2.83. The van der Waals surface area contributed by atoms with E-state index in [-0.39, 0.29) is 18.6 Å². The molecule has 1 amide bonds. The monoisotopic (exact) mass is 284 g/mol. The molecule has 0 bridgehead atoms. The summed E-state index contributed by atoms with van der Waals surface area (Å²) in [5.41, 5.74) is 7.86. The van der Waals surface area contributed by atoms with Gasteiger partial charge in [-0.3, -0.25) is 4.79 Å². The summed E-state index contributed by atoms with van der Waals surface area (Å²) in [6.45, 7) is 1.12. The van der Waals surface area contributed by atoms with Gasteiger partial charge in [-0.15, -0.1) is 0 Å². The van der Waals surface area contributed by atoms with E-state index >= 15 is 0 Å². The lowest BCUT2D eigenvalue weighted by Gasteiger charge is -2.15. The van der Waals surface area contributed by atoms with Crippen LogP contribution in [0.4, 0.5) is 5.95 Å². The van der Waals surface area contributed by atoms with E-state index in [1.54, 1.807) is 29.3 Å². The first-order valence-corrected chi connectivity index (χ1v) is 6.50. The van der Waals surface area contributed by atoms with Crippen LogP contribution < -0.4 is 15.2 Å². The lowest BCUT2D eigenvalue weighted by Crippen LogP contribution is -2.25. The van der Waals surface area contributed by atoms with E-state index in [0.29, 0.717) is 30.2 Å². The van der Waals surface area contributed by atoms with E-state index in [1.807, 2.05) is 0 Å². The average molecular weight is 284 g/mol. The standard InChI is InChI=1S/C14H12N4O3/c15-14-16-4-9-5-18(6-10(9)17-14)13(19)8-1-2-11-12(3-8)21-7-20-11/h1-4H,5-7H2,(H2,15,16,17). The molecule has 1 aromatic heterocycles. The van der Waals surface area contributed by atoms with Crippen molar-refractivity contribution in [3.8, 4) is 11.5 Å². The van der Waals surface area contributed by atoms with Gasteiger partial charge in [0.2, 0.25) is 12.7 Å². The summed E-state index contributed by atoms with van der Waals surface area (Å²) in [7, 11) is 0. The van der Waals surface area contributed by atoms with Gasteiger partial charge in [-0.05, 0) is 18.2 Å². The largest absolute Gasteiger partial charge is 0.454 e. The van der Waals surface area contributed by atoms with Gasteiger partial charge in [0.05, 0.1) is 12.2 Å². The number of ether oxygens (including phenoxy) is 2. The normalized spacial score (nSPS) is 15.1. The maximum absolute atomic E-state index is 12.6. The lowest BCUT2D eigenvalue weighted by molar-refractivity contribution is 0.0750. The predicted octanol–water partition coefficient (Wildman–Crippen LogP) is 0.944. The van der Waals surface area contributed by atoms with Gasteiger partial charge in [-0.2, -0.15) is 0 Å². The lowest BCUT2D eigenvalue weighted by atomic mass is 10.2. The Morgan fingerprint density at radius 3 is 3.00 bits per heavy atom. The molecule has 2 aliphatic heterocycles.